The van der Waals surface area contributed by atoms with Gasteiger partial charge in [0, 0.05) is 5.56 Å². The van der Waals surface area contributed by atoms with E-state index in [4.69, 9.17) is 9.47 Å². The van der Waals surface area contributed by atoms with Gasteiger partial charge < -0.3 is 9.47 Å². The topological polar surface area (TPSA) is 18.5 Å². The SMILES string of the molecule is Cc1c(OCC(C)C)cccc1OCC(C)C. The maximum atomic E-state index is 5.77. The van der Waals surface area contributed by atoms with Crippen molar-refractivity contribution in [3.8, 4) is 11.5 Å². The first kappa shape index (κ1) is 13.9. The minimum absolute atomic E-state index is 0.537. The van der Waals surface area contributed by atoms with Crippen molar-refractivity contribution in [3.05, 3.63) is 23.8 Å². The van der Waals surface area contributed by atoms with Gasteiger partial charge in [-0.3, -0.25) is 0 Å². The third-order valence-corrected chi connectivity index (χ3v) is 2.38. The van der Waals surface area contributed by atoms with Crippen LogP contribution in [-0.4, -0.2) is 13.2 Å². The summed E-state index contributed by atoms with van der Waals surface area (Å²) in [5.41, 5.74) is 1.09. The molecule has 0 aromatic heterocycles. The molecule has 1 rings (SSSR count). The Labute approximate surface area is 105 Å². The highest BCUT2D eigenvalue weighted by Gasteiger charge is 2.07. The lowest BCUT2D eigenvalue weighted by Crippen LogP contribution is -2.08. The van der Waals surface area contributed by atoms with Gasteiger partial charge in [-0.1, -0.05) is 33.8 Å². The average molecular weight is 236 g/mol. The van der Waals surface area contributed by atoms with Crippen molar-refractivity contribution < 1.29 is 9.47 Å². The third kappa shape index (κ3) is 4.68. The lowest BCUT2D eigenvalue weighted by Gasteiger charge is -2.15. The zero-order valence-electron chi connectivity index (χ0n) is 11.6. The molecule has 0 fully saturated rings. The number of benzene rings is 1. The molecule has 96 valence electrons. The summed E-state index contributed by atoms with van der Waals surface area (Å²) in [5.74, 6) is 2.93. The predicted molar refractivity (Wildman–Crippen MR) is 71.8 cm³/mol. The molecule has 0 unspecified atom stereocenters. The lowest BCUT2D eigenvalue weighted by molar-refractivity contribution is 0.255. The highest BCUT2D eigenvalue weighted by molar-refractivity contribution is 5.43. The normalized spacial score (nSPS) is 11.0. The van der Waals surface area contributed by atoms with E-state index in [1.165, 1.54) is 0 Å². The van der Waals surface area contributed by atoms with E-state index in [-0.39, 0.29) is 0 Å². The van der Waals surface area contributed by atoms with Gasteiger partial charge in [0.1, 0.15) is 11.5 Å². The van der Waals surface area contributed by atoms with Gasteiger partial charge >= 0.3 is 0 Å². The molecular formula is C15H24O2. The van der Waals surface area contributed by atoms with Gasteiger partial charge in [-0.25, -0.2) is 0 Å². The lowest BCUT2D eigenvalue weighted by atomic mass is 10.2. The summed E-state index contributed by atoms with van der Waals surface area (Å²) >= 11 is 0. The molecular weight excluding hydrogens is 212 g/mol. The molecule has 2 heteroatoms. The van der Waals surface area contributed by atoms with Crippen molar-refractivity contribution in [2.24, 2.45) is 11.8 Å². The van der Waals surface area contributed by atoms with Crippen LogP contribution in [-0.2, 0) is 0 Å². The van der Waals surface area contributed by atoms with Gasteiger partial charge in [-0.15, -0.1) is 0 Å². The zero-order valence-corrected chi connectivity index (χ0v) is 11.6. The van der Waals surface area contributed by atoms with Crippen LogP contribution in [0.15, 0.2) is 18.2 Å². The Bertz CT molecular complexity index is 313. The smallest absolute Gasteiger partial charge is 0.125 e. The zero-order chi connectivity index (χ0) is 12.8. The van der Waals surface area contributed by atoms with E-state index in [1.54, 1.807) is 0 Å². The van der Waals surface area contributed by atoms with Crippen molar-refractivity contribution in [3.63, 3.8) is 0 Å². The van der Waals surface area contributed by atoms with Crippen LogP contribution in [0.2, 0.25) is 0 Å². The Kier molecular flexibility index (Phi) is 5.33. The van der Waals surface area contributed by atoms with Gasteiger partial charge in [-0.05, 0) is 30.9 Å². The Morgan fingerprint density at radius 2 is 1.29 bits per heavy atom. The van der Waals surface area contributed by atoms with Crippen molar-refractivity contribution in [2.45, 2.75) is 34.6 Å². The Morgan fingerprint density at radius 3 is 1.65 bits per heavy atom. The third-order valence-electron chi connectivity index (χ3n) is 2.38. The molecule has 0 amide bonds. The Morgan fingerprint density at radius 1 is 0.882 bits per heavy atom. The molecule has 0 radical (unpaired) electrons. The van der Waals surface area contributed by atoms with Crippen molar-refractivity contribution in [2.75, 3.05) is 13.2 Å². The Balaban J connectivity index is 2.69. The summed E-state index contributed by atoms with van der Waals surface area (Å²) < 4.78 is 11.5. The molecule has 0 saturated carbocycles. The fraction of sp³-hybridized carbons (Fsp3) is 0.600. The molecule has 1 aromatic carbocycles. The summed E-state index contributed by atoms with van der Waals surface area (Å²) in [6, 6.07) is 5.98. The maximum Gasteiger partial charge on any atom is 0.125 e. The minimum Gasteiger partial charge on any atom is -0.493 e. The van der Waals surface area contributed by atoms with Crippen molar-refractivity contribution in [1.29, 1.82) is 0 Å². The molecule has 1 aromatic rings. The fourth-order valence-corrected chi connectivity index (χ4v) is 1.42. The molecule has 0 bridgehead atoms. The predicted octanol–water partition coefficient (Wildman–Crippen LogP) is 4.06. The Hall–Kier alpha value is -1.18. The van der Waals surface area contributed by atoms with Gasteiger partial charge in [-0.2, -0.15) is 0 Å². The van der Waals surface area contributed by atoms with Crippen molar-refractivity contribution >= 4 is 0 Å². The highest BCUT2D eigenvalue weighted by atomic mass is 16.5. The monoisotopic (exact) mass is 236 g/mol. The average Bonchev–Trinajstić information content (AvgIpc) is 2.25. The van der Waals surface area contributed by atoms with Crippen LogP contribution in [0.1, 0.15) is 33.3 Å². The summed E-state index contributed by atoms with van der Waals surface area (Å²) in [7, 11) is 0. The molecule has 17 heavy (non-hydrogen) atoms. The van der Waals surface area contributed by atoms with Crippen LogP contribution in [0.3, 0.4) is 0 Å². The molecule has 0 aliphatic rings. The standard InChI is InChI=1S/C15H24O2/c1-11(2)9-16-14-7-6-8-15(13(14)5)17-10-12(3)4/h6-8,11-12H,9-10H2,1-5H3. The van der Waals surface area contributed by atoms with E-state index in [2.05, 4.69) is 27.7 Å². The highest BCUT2D eigenvalue weighted by Crippen LogP contribution is 2.28. The number of hydrogen-bond acceptors (Lipinski definition) is 2. The van der Waals surface area contributed by atoms with Gasteiger partial charge in [0.2, 0.25) is 0 Å². The first-order chi connectivity index (χ1) is 8.00. The van der Waals surface area contributed by atoms with Gasteiger partial charge in [0.15, 0.2) is 0 Å². The molecule has 0 heterocycles. The van der Waals surface area contributed by atoms with E-state index in [9.17, 15) is 0 Å². The maximum absolute atomic E-state index is 5.77. The van der Waals surface area contributed by atoms with E-state index in [0.29, 0.717) is 11.8 Å². The summed E-state index contributed by atoms with van der Waals surface area (Å²) in [6.45, 7) is 12.1. The molecule has 0 saturated heterocycles. The second-order valence-corrected chi connectivity index (χ2v) is 5.29. The molecule has 0 spiro atoms. The van der Waals surface area contributed by atoms with E-state index in [1.807, 2.05) is 25.1 Å². The van der Waals surface area contributed by atoms with Gasteiger partial charge in [0.05, 0.1) is 13.2 Å². The summed E-state index contributed by atoms with van der Waals surface area (Å²) in [5, 5.41) is 0. The molecule has 0 aliphatic carbocycles. The fourth-order valence-electron chi connectivity index (χ4n) is 1.42. The molecule has 0 atom stereocenters. The first-order valence-corrected chi connectivity index (χ1v) is 6.36. The van der Waals surface area contributed by atoms with Crippen LogP contribution in [0.5, 0.6) is 11.5 Å². The number of hydrogen-bond donors (Lipinski definition) is 0. The second kappa shape index (κ2) is 6.53. The molecule has 0 N–H and O–H groups in total. The molecule has 0 aliphatic heterocycles. The van der Waals surface area contributed by atoms with Crippen LogP contribution < -0.4 is 9.47 Å². The quantitative estimate of drug-likeness (QED) is 0.741. The van der Waals surface area contributed by atoms with Crippen LogP contribution in [0.4, 0.5) is 0 Å². The van der Waals surface area contributed by atoms with Crippen LogP contribution in [0, 0.1) is 18.8 Å². The number of rotatable bonds is 6. The summed E-state index contributed by atoms with van der Waals surface area (Å²) in [4.78, 5) is 0. The number of ether oxygens (including phenoxy) is 2. The van der Waals surface area contributed by atoms with Crippen LogP contribution >= 0.6 is 0 Å². The molecule has 2 nitrogen and oxygen atoms in total. The van der Waals surface area contributed by atoms with Gasteiger partial charge in [0.25, 0.3) is 0 Å². The minimum atomic E-state index is 0.537. The van der Waals surface area contributed by atoms with E-state index < -0.39 is 0 Å². The summed E-state index contributed by atoms with van der Waals surface area (Å²) in [6.07, 6.45) is 0. The van der Waals surface area contributed by atoms with E-state index >= 15 is 0 Å². The first-order valence-electron chi connectivity index (χ1n) is 6.36. The van der Waals surface area contributed by atoms with Crippen molar-refractivity contribution in [1.82, 2.24) is 0 Å². The van der Waals surface area contributed by atoms with Crippen LogP contribution in [0.25, 0.3) is 0 Å². The largest absolute Gasteiger partial charge is 0.493 e. The second-order valence-electron chi connectivity index (χ2n) is 5.29. The van der Waals surface area contributed by atoms with E-state index in [0.717, 1.165) is 30.3 Å².